The molecule has 0 bridgehead atoms. The SMILES string of the molecule is O=C(O)C1=CSC2COCC=C12. The van der Waals surface area contributed by atoms with Crippen LogP contribution in [0.1, 0.15) is 0 Å². The zero-order chi connectivity index (χ0) is 8.55. The second kappa shape index (κ2) is 2.95. The number of carboxylic acid groups (broad SMARTS) is 1. The third kappa shape index (κ3) is 1.17. The molecule has 2 heterocycles. The topological polar surface area (TPSA) is 46.5 Å². The van der Waals surface area contributed by atoms with E-state index in [-0.39, 0.29) is 5.25 Å². The van der Waals surface area contributed by atoms with Gasteiger partial charge in [-0.2, -0.15) is 0 Å². The van der Waals surface area contributed by atoms with E-state index < -0.39 is 5.97 Å². The summed E-state index contributed by atoms with van der Waals surface area (Å²) in [4.78, 5) is 10.7. The molecule has 0 spiro atoms. The van der Waals surface area contributed by atoms with Gasteiger partial charge in [0.05, 0.1) is 24.0 Å². The number of aliphatic carboxylic acids is 1. The van der Waals surface area contributed by atoms with Crippen molar-refractivity contribution in [1.82, 2.24) is 0 Å². The zero-order valence-corrected chi connectivity index (χ0v) is 7.13. The summed E-state index contributed by atoms with van der Waals surface area (Å²) in [6.45, 7) is 1.17. The van der Waals surface area contributed by atoms with Gasteiger partial charge in [0.15, 0.2) is 0 Å². The second-order valence-corrected chi connectivity index (χ2v) is 3.74. The van der Waals surface area contributed by atoms with Gasteiger partial charge < -0.3 is 9.84 Å². The maximum Gasteiger partial charge on any atom is 0.336 e. The standard InChI is InChI=1S/C8H8O3S/c9-8(10)6-4-12-7-3-11-2-1-5(6)7/h1,4,7H,2-3H2,(H,9,10). The van der Waals surface area contributed by atoms with Crippen LogP contribution in [0.3, 0.4) is 0 Å². The molecule has 2 aliphatic heterocycles. The number of hydrogen-bond donors (Lipinski definition) is 1. The van der Waals surface area contributed by atoms with Gasteiger partial charge in [-0.3, -0.25) is 0 Å². The molecule has 1 unspecified atom stereocenters. The van der Waals surface area contributed by atoms with Gasteiger partial charge in [0.1, 0.15) is 0 Å². The molecule has 1 N–H and O–H groups in total. The number of ether oxygens (including phenoxy) is 1. The van der Waals surface area contributed by atoms with E-state index in [1.807, 2.05) is 6.08 Å². The van der Waals surface area contributed by atoms with E-state index in [2.05, 4.69) is 0 Å². The fourth-order valence-electron chi connectivity index (χ4n) is 1.33. The Morgan fingerprint density at radius 1 is 1.75 bits per heavy atom. The van der Waals surface area contributed by atoms with Crippen molar-refractivity contribution < 1.29 is 14.6 Å². The summed E-state index contributed by atoms with van der Waals surface area (Å²) in [5, 5.41) is 10.7. The maximum atomic E-state index is 10.7. The van der Waals surface area contributed by atoms with Gasteiger partial charge in [-0.1, -0.05) is 6.08 Å². The molecular formula is C8H8O3S. The van der Waals surface area contributed by atoms with E-state index in [0.717, 1.165) is 5.57 Å². The van der Waals surface area contributed by atoms with Crippen molar-refractivity contribution in [3.8, 4) is 0 Å². The van der Waals surface area contributed by atoms with Crippen LogP contribution >= 0.6 is 11.8 Å². The van der Waals surface area contributed by atoms with Crippen LogP contribution in [0.5, 0.6) is 0 Å². The monoisotopic (exact) mass is 184 g/mol. The summed E-state index contributed by atoms with van der Waals surface area (Å²) in [7, 11) is 0. The van der Waals surface area contributed by atoms with Gasteiger partial charge in [-0.15, -0.1) is 11.8 Å². The quantitative estimate of drug-likeness (QED) is 0.661. The average Bonchev–Trinajstić information content (AvgIpc) is 2.47. The maximum absolute atomic E-state index is 10.7. The predicted molar refractivity (Wildman–Crippen MR) is 46.0 cm³/mol. The Morgan fingerprint density at radius 3 is 3.33 bits per heavy atom. The summed E-state index contributed by atoms with van der Waals surface area (Å²) in [6.07, 6.45) is 1.86. The molecule has 0 radical (unpaired) electrons. The second-order valence-electron chi connectivity index (χ2n) is 2.66. The lowest BCUT2D eigenvalue weighted by molar-refractivity contribution is -0.132. The van der Waals surface area contributed by atoms with Crippen molar-refractivity contribution in [2.45, 2.75) is 5.25 Å². The molecule has 0 saturated heterocycles. The highest BCUT2D eigenvalue weighted by Gasteiger charge is 2.29. The van der Waals surface area contributed by atoms with E-state index in [0.29, 0.717) is 18.8 Å². The molecule has 0 amide bonds. The van der Waals surface area contributed by atoms with Crippen LogP contribution in [0.4, 0.5) is 0 Å². The predicted octanol–water partition coefficient (Wildman–Crippen LogP) is 1.03. The van der Waals surface area contributed by atoms with Gasteiger partial charge >= 0.3 is 5.97 Å². The Morgan fingerprint density at radius 2 is 2.58 bits per heavy atom. The Bertz CT molecular complexity index is 280. The molecule has 0 saturated carbocycles. The number of carboxylic acids is 1. The summed E-state index contributed by atoms with van der Waals surface area (Å²) in [6, 6.07) is 0. The lowest BCUT2D eigenvalue weighted by Gasteiger charge is -2.17. The lowest BCUT2D eigenvalue weighted by Crippen LogP contribution is -2.19. The van der Waals surface area contributed by atoms with Crippen LogP contribution in [-0.4, -0.2) is 29.5 Å². The highest BCUT2D eigenvalue weighted by molar-refractivity contribution is 8.03. The van der Waals surface area contributed by atoms with Crippen LogP contribution in [0.15, 0.2) is 22.6 Å². The van der Waals surface area contributed by atoms with Crippen LogP contribution in [0.25, 0.3) is 0 Å². The molecular weight excluding hydrogens is 176 g/mol. The molecule has 0 aromatic carbocycles. The fraction of sp³-hybridized carbons (Fsp3) is 0.375. The minimum Gasteiger partial charge on any atom is -0.478 e. The third-order valence-electron chi connectivity index (χ3n) is 1.93. The number of carbonyl (C=O) groups is 1. The number of thioether (sulfide) groups is 1. The van der Waals surface area contributed by atoms with Crippen LogP contribution in [-0.2, 0) is 9.53 Å². The summed E-state index contributed by atoms with van der Waals surface area (Å²) < 4.78 is 5.19. The first-order valence-corrected chi connectivity index (χ1v) is 4.60. The molecule has 3 nitrogen and oxygen atoms in total. The van der Waals surface area contributed by atoms with Gasteiger partial charge in [0.25, 0.3) is 0 Å². The van der Waals surface area contributed by atoms with Crippen molar-refractivity contribution in [3.63, 3.8) is 0 Å². The highest BCUT2D eigenvalue weighted by Crippen LogP contribution is 2.36. The smallest absolute Gasteiger partial charge is 0.336 e. The molecule has 0 aliphatic carbocycles. The first kappa shape index (κ1) is 7.89. The molecule has 0 fully saturated rings. The van der Waals surface area contributed by atoms with Gasteiger partial charge in [-0.25, -0.2) is 4.79 Å². The number of rotatable bonds is 1. The van der Waals surface area contributed by atoms with E-state index >= 15 is 0 Å². The van der Waals surface area contributed by atoms with Crippen molar-refractivity contribution in [2.24, 2.45) is 0 Å². The summed E-state index contributed by atoms with van der Waals surface area (Å²) in [5.41, 5.74) is 1.37. The molecule has 4 heteroatoms. The zero-order valence-electron chi connectivity index (χ0n) is 6.32. The Balaban J connectivity index is 2.28. The first-order valence-electron chi connectivity index (χ1n) is 3.66. The summed E-state index contributed by atoms with van der Waals surface area (Å²) >= 11 is 1.53. The Hall–Kier alpha value is -0.740. The van der Waals surface area contributed by atoms with E-state index in [9.17, 15) is 4.79 Å². The van der Waals surface area contributed by atoms with Gasteiger partial charge in [-0.05, 0) is 11.0 Å². The van der Waals surface area contributed by atoms with Crippen LogP contribution in [0, 0.1) is 0 Å². The summed E-state index contributed by atoms with van der Waals surface area (Å²) in [5.74, 6) is -0.835. The van der Waals surface area contributed by atoms with E-state index in [1.165, 1.54) is 11.8 Å². The Labute approximate surface area is 74.1 Å². The molecule has 0 aromatic heterocycles. The van der Waals surface area contributed by atoms with Crippen molar-refractivity contribution in [1.29, 1.82) is 0 Å². The largest absolute Gasteiger partial charge is 0.478 e. The first-order chi connectivity index (χ1) is 5.79. The van der Waals surface area contributed by atoms with E-state index in [4.69, 9.17) is 9.84 Å². The fourth-order valence-corrected chi connectivity index (χ4v) is 2.41. The number of fused-ring (bicyclic) bond motifs is 1. The lowest BCUT2D eigenvalue weighted by atomic mass is 10.0. The van der Waals surface area contributed by atoms with Crippen LogP contribution in [0.2, 0.25) is 0 Å². The van der Waals surface area contributed by atoms with Crippen molar-refractivity contribution >= 4 is 17.7 Å². The average molecular weight is 184 g/mol. The third-order valence-corrected chi connectivity index (χ3v) is 3.02. The minimum absolute atomic E-state index is 0.213. The van der Waals surface area contributed by atoms with Gasteiger partial charge in [0.2, 0.25) is 0 Å². The molecule has 64 valence electrons. The Kier molecular flexibility index (Phi) is 1.94. The van der Waals surface area contributed by atoms with E-state index in [1.54, 1.807) is 5.41 Å². The van der Waals surface area contributed by atoms with Gasteiger partial charge in [0, 0.05) is 0 Å². The van der Waals surface area contributed by atoms with Crippen molar-refractivity contribution in [2.75, 3.05) is 13.2 Å². The molecule has 0 aromatic rings. The molecule has 1 atom stereocenters. The highest BCUT2D eigenvalue weighted by atomic mass is 32.2. The molecule has 12 heavy (non-hydrogen) atoms. The minimum atomic E-state index is -0.835. The molecule has 2 rings (SSSR count). The van der Waals surface area contributed by atoms with Crippen LogP contribution < -0.4 is 0 Å². The van der Waals surface area contributed by atoms with Crippen molar-refractivity contribution in [3.05, 3.63) is 22.6 Å². The number of hydrogen-bond acceptors (Lipinski definition) is 3. The molecule has 2 aliphatic rings. The normalized spacial score (nSPS) is 27.5.